The highest BCUT2D eigenvalue weighted by Crippen LogP contribution is 2.48. The number of carbonyl (C=O) groups is 1. The molecule has 1 aromatic heterocycles. The molecule has 1 saturated heterocycles. The molecule has 3 atom stereocenters. The van der Waals surface area contributed by atoms with Crippen LogP contribution in [0.3, 0.4) is 0 Å². The van der Waals surface area contributed by atoms with Crippen LogP contribution in [0, 0.1) is 5.92 Å². The number of H-pyrrole nitrogens is 1. The minimum atomic E-state index is -0.761. The summed E-state index contributed by atoms with van der Waals surface area (Å²) in [6.07, 6.45) is 5.35. The van der Waals surface area contributed by atoms with Crippen LogP contribution in [0.1, 0.15) is 55.0 Å². The highest BCUT2D eigenvalue weighted by molar-refractivity contribution is 6.39. The summed E-state index contributed by atoms with van der Waals surface area (Å²) in [6, 6.07) is 14.4. The van der Waals surface area contributed by atoms with Gasteiger partial charge in [-0.2, -0.15) is 5.10 Å². The Morgan fingerprint density at radius 2 is 1.83 bits per heavy atom. The van der Waals surface area contributed by atoms with Gasteiger partial charge in [-0.1, -0.05) is 41.4 Å². The Morgan fingerprint density at radius 1 is 1.08 bits per heavy atom. The number of rotatable bonds is 9. The van der Waals surface area contributed by atoms with Gasteiger partial charge in [-0.15, -0.1) is 0 Å². The number of aliphatic carboxylic acids is 1. The van der Waals surface area contributed by atoms with Crippen LogP contribution in [0.15, 0.2) is 42.5 Å². The number of benzene rings is 2. The van der Waals surface area contributed by atoms with Crippen molar-refractivity contribution in [1.29, 1.82) is 0 Å². The van der Waals surface area contributed by atoms with Crippen molar-refractivity contribution in [2.45, 2.75) is 63.2 Å². The molecule has 2 saturated carbocycles. The summed E-state index contributed by atoms with van der Waals surface area (Å²) in [5, 5.41) is 18.1. The third-order valence-electron chi connectivity index (χ3n) is 7.86. The number of ether oxygens (including phenoxy) is 1. The number of anilines is 1. The Hall–Kier alpha value is -2.54. The molecule has 2 N–H and O–H groups in total. The number of aromatic amines is 1. The van der Waals surface area contributed by atoms with Gasteiger partial charge in [0.05, 0.1) is 34.1 Å². The average Bonchev–Trinajstić information content (AvgIpc) is 3.32. The number of fused-ring (bicyclic) bond motifs is 2. The van der Waals surface area contributed by atoms with Crippen LogP contribution in [0.4, 0.5) is 5.69 Å². The zero-order valence-electron chi connectivity index (χ0n) is 19.9. The maximum Gasteiger partial charge on any atom is 0.303 e. The molecular weight excluding hydrogens is 497 g/mol. The van der Waals surface area contributed by atoms with Gasteiger partial charge in [0.1, 0.15) is 0 Å². The van der Waals surface area contributed by atoms with E-state index in [0.29, 0.717) is 41.0 Å². The number of nitrogens with zero attached hydrogens (tertiary/aromatic N) is 2. The molecule has 2 bridgehead atoms. The van der Waals surface area contributed by atoms with Crippen LogP contribution >= 0.6 is 23.2 Å². The predicted molar refractivity (Wildman–Crippen MR) is 141 cm³/mol. The summed E-state index contributed by atoms with van der Waals surface area (Å²) in [4.78, 5) is 13.3. The van der Waals surface area contributed by atoms with Crippen LogP contribution in [0.25, 0.3) is 11.1 Å². The van der Waals surface area contributed by atoms with Crippen LogP contribution in [-0.4, -0.2) is 40.0 Å². The Morgan fingerprint density at radius 3 is 2.47 bits per heavy atom. The van der Waals surface area contributed by atoms with E-state index >= 15 is 0 Å². The molecule has 0 spiro atoms. The van der Waals surface area contributed by atoms with Crippen molar-refractivity contribution in [2.24, 2.45) is 5.92 Å². The molecule has 6 rings (SSSR count). The average molecular weight is 526 g/mol. The number of hydrogen-bond acceptors (Lipinski definition) is 4. The fourth-order valence-corrected chi connectivity index (χ4v) is 6.48. The van der Waals surface area contributed by atoms with Crippen LogP contribution in [0.2, 0.25) is 10.0 Å². The number of carboxylic acid groups (broad SMARTS) is 1. The second-order valence-electron chi connectivity index (χ2n) is 10.3. The van der Waals surface area contributed by atoms with Gasteiger partial charge < -0.3 is 14.7 Å². The molecule has 0 unspecified atom stereocenters. The fourth-order valence-electron chi connectivity index (χ4n) is 5.89. The van der Waals surface area contributed by atoms with E-state index in [1.165, 1.54) is 5.69 Å². The summed E-state index contributed by atoms with van der Waals surface area (Å²) in [7, 11) is 0. The SMILES string of the molecule is O=C(O)CCc1ccc(N2C[C@@H]3C[C@H]2C[C@H]3OCc2[nH]nc(C3CC3)c2-c2c(Cl)cccc2Cl)cc1. The minimum Gasteiger partial charge on any atom is -0.481 e. The maximum atomic E-state index is 10.8. The highest BCUT2D eigenvalue weighted by Gasteiger charge is 2.45. The summed E-state index contributed by atoms with van der Waals surface area (Å²) >= 11 is 13.2. The van der Waals surface area contributed by atoms with Crippen molar-refractivity contribution in [3.8, 4) is 11.1 Å². The standard InChI is InChI=1S/C28H29Cl2N3O3/c29-21-2-1-3-22(30)26(21)27-23(31-32-28(27)17-7-8-17)15-36-24-13-20-12-18(24)14-33(20)19-9-4-16(5-10-19)6-11-25(34)35/h1-5,9-10,17-18,20,24H,6-8,11-15H2,(H,31,32)(H,34,35)/t18-,20-,24+/m0/s1. The van der Waals surface area contributed by atoms with Gasteiger partial charge in [0, 0.05) is 47.7 Å². The summed E-state index contributed by atoms with van der Waals surface area (Å²) in [5.41, 5.74) is 6.13. The summed E-state index contributed by atoms with van der Waals surface area (Å²) < 4.78 is 6.50. The molecule has 188 valence electrons. The molecule has 6 nitrogen and oxygen atoms in total. The lowest BCUT2D eigenvalue weighted by Crippen LogP contribution is -2.38. The number of hydrogen-bond donors (Lipinski definition) is 2. The second-order valence-corrected chi connectivity index (χ2v) is 11.1. The van der Waals surface area contributed by atoms with E-state index < -0.39 is 5.97 Å². The fraction of sp³-hybridized carbons (Fsp3) is 0.429. The molecule has 2 aliphatic carbocycles. The highest BCUT2D eigenvalue weighted by atomic mass is 35.5. The molecule has 8 heteroatoms. The van der Waals surface area contributed by atoms with Gasteiger partial charge in [-0.05, 0) is 61.9 Å². The lowest BCUT2D eigenvalue weighted by Gasteiger charge is -2.33. The third-order valence-corrected chi connectivity index (χ3v) is 8.49. The number of halogens is 2. The minimum absolute atomic E-state index is 0.162. The first kappa shape index (κ1) is 23.8. The maximum absolute atomic E-state index is 10.8. The van der Waals surface area contributed by atoms with Gasteiger partial charge in [-0.3, -0.25) is 9.89 Å². The normalized spacial score (nSPS) is 22.9. The van der Waals surface area contributed by atoms with Crippen molar-refractivity contribution in [2.75, 3.05) is 11.4 Å². The summed E-state index contributed by atoms with van der Waals surface area (Å²) in [6.45, 7) is 1.44. The van der Waals surface area contributed by atoms with Gasteiger partial charge in [-0.25, -0.2) is 0 Å². The first-order valence-electron chi connectivity index (χ1n) is 12.7. The smallest absolute Gasteiger partial charge is 0.303 e. The third kappa shape index (κ3) is 4.62. The van der Waals surface area contributed by atoms with Crippen molar-refractivity contribution in [3.05, 3.63) is 69.5 Å². The zero-order valence-corrected chi connectivity index (χ0v) is 21.4. The number of piperidine rings is 1. The first-order valence-corrected chi connectivity index (χ1v) is 13.4. The lowest BCUT2D eigenvalue weighted by atomic mass is 10.0. The van der Waals surface area contributed by atoms with E-state index in [4.69, 9.17) is 33.0 Å². The monoisotopic (exact) mass is 525 g/mol. The van der Waals surface area contributed by atoms with E-state index in [1.807, 2.05) is 18.2 Å². The van der Waals surface area contributed by atoms with E-state index in [2.05, 4.69) is 39.4 Å². The van der Waals surface area contributed by atoms with E-state index in [1.54, 1.807) is 0 Å². The molecule has 2 heterocycles. The summed E-state index contributed by atoms with van der Waals surface area (Å²) in [5.74, 6) is 0.187. The number of aryl methyl sites for hydroxylation is 1. The van der Waals surface area contributed by atoms with Gasteiger partial charge in [0.2, 0.25) is 0 Å². The first-order chi connectivity index (χ1) is 17.5. The molecule has 36 heavy (non-hydrogen) atoms. The largest absolute Gasteiger partial charge is 0.481 e. The number of carboxylic acids is 1. The van der Waals surface area contributed by atoms with Crippen LogP contribution in [-0.2, 0) is 22.6 Å². The molecule has 0 radical (unpaired) electrons. The van der Waals surface area contributed by atoms with Crippen molar-refractivity contribution in [1.82, 2.24) is 10.2 Å². The number of nitrogens with one attached hydrogen (secondary N) is 1. The van der Waals surface area contributed by atoms with E-state index in [9.17, 15) is 4.79 Å². The molecule has 2 aromatic carbocycles. The topological polar surface area (TPSA) is 78.5 Å². The van der Waals surface area contributed by atoms with Crippen molar-refractivity contribution < 1.29 is 14.6 Å². The van der Waals surface area contributed by atoms with Crippen LogP contribution < -0.4 is 4.90 Å². The Labute approximate surface area is 220 Å². The predicted octanol–water partition coefficient (Wildman–Crippen LogP) is 6.46. The van der Waals surface area contributed by atoms with Gasteiger partial charge >= 0.3 is 5.97 Å². The van der Waals surface area contributed by atoms with Crippen LogP contribution in [0.5, 0.6) is 0 Å². The van der Waals surface area contributed by atoms with Gasteiger partial charge in [0.15, 0.2) is 0 Å². The molecule has 0 amide bonds. The van der Waals surface area contributed by atoms with Crippen molar-refractivity contribution in [3.63, 3.8) is 0 Å². The Kier molecular flexibility index (Phi) is 6.44. The molecule has 1 aliphatic heterocycles. The van der Waals surface area contributed by atoms with E-state index in [-0.39, 0.29) is 12.5 Å². The molecule has 3 aromatic rings. The molecule has 3 aliphatic rings. The molecular formula is C28H29Cl2N3O3. The zero-order chi connectivity index (χ0) is 24.8. The lowest BCUT2D eigenvalue weighted by molar-refractivity contribution is -0.136. The number of aromatic nitrogens is 2. The van der Waals surface area contributed by atoms with E-state index in [0.717, 1.165) is 60.3 Å². The van der Waals surface area contributed by atoms with Crippen molar-refractivity contribution >= 4 is 34.9 Å². The second kappa shape index (κ2) is 9.73. The van der Waals surface area contributed by atoms with Gasteiger partial charge in [0.25, 0.3) is 0 Å². The molecule has 3 fully saturated rings. The Balaban J connectivity index is 1.12. The quantitative estimate of drug-likeness (QED) is 0.335. The Bertz CT molecular complexity index is 1250.